The molecule has 0 unspecified atom stereocenters. The highest BCUT2D eigenvalue weighted by molar-refractivity contribution is 5.50. The lowest BCUT2D eigenvalue weighted by atomic mass is 9.97. The van der Waals surface area contributed by atoms with Crippen molar-refractivity contribution in [2.75, 3.05) is 24.5 Å². The van der Waals surface area contributed by atoms with E-state index in [1.54, 1.807) is 6.33 Å². The van der Waals surface area contributed by atoms with Gasteiger partial charge >= 0.3 is 5.69 Å². The maximum Gasteiger partial charge on any atom is 0.348 e. The van der Waals surface area contributed by atoms with Gasteiger partial charge in [-0.25, -0.2) is 19.3 Å². The Labute approximate surface area is 123 Å². The van der Waals surface area contributed by atoms with Crippen molar-refractivity contribution >= 4 is 11.5 Å². The summed E-state index contributed by atoms with van der Waals surface area (Å²) < 4.78 is 1.42. The standard InChI is InChI=1S/C14H22N6O/c1-10(2)19(8-11-3-5-15-6-4-11)12-7-13-17-18-14(21)20(13)9-16-12/h7,9-11,15H,3-6,8H2,1-2H3,(H,18,21). The smallest absolute Gasteiger partial charge is 0.348 e. The molecule has 0 aliphatic carbocycles. The van der Waals surface area contributed by atoms with Crippen LogP contribution in [-0.2, 0) is 0 Å². The summed E-state index contributed by atoms with van der Waals surface area (Å²) >= 11 is 0. The number of aromatic amines is 1. The van der Waals surface area contributed by atoms with Crippen LogP contribution in [0.1, 0.15) is 26.7 Å². The molecular weight excluding hydrogens is 268 g/mol. The Hall–Kier alpha value is -1.89. The van der Waals surface area contributed by atoms with Gasteiger partial charge in [0.2, 0.25) is 0 Å². The van der Waals surface area contributed by atoms with Crippen molar-refractivity contribution in [3.8, 4) is 0 Å². The van der Waals surface area contributed by atoms with E-state index in [0.717, 1.165) is 25.5 Å². The van der Waals surface area contributed by atoms with Crippen molar-refractivity contribution in [2.24, 2.45) is 5.92 Å². The van der Waals surface area contributed by atoms with Gasteiger partial charge in [0, 0.05) is 18.7 Å². The second kappa shape index (κ2) is 5.85. The maximum absolute atomic E-state index is 11.5. The zero-order valence-corrected chi connectivity index (χ0v) is 12.5. The largest absolute Gasteiger partial charge is 0.354 e. The first-order valence-electron chi connectivity index (χ1n) is 7.55. The topological polar surface area (TPSA) is 78.3 Å². The van der Waals surface area contributed by atoms with E-state index < -0.39 is 0 Å². The fourth-order valence-corrected chi connectivity index (χ4v) is 2.87. The Morgan fingerprint density at radius 1 is 1.43 bits per heavy atom. The molecule has 7 nitrogen and oxygen atoms in total. The number of piperidine rings is 1. The summed E-state index contributed by atoms with van der Waals surface area (Å²) in [6.07, 6.45) is 3.95. The molecule has 0 aromatic carbocycles. The lowest BCUT2D eigenvalue weighted by Gasteiger charge is -2.33. The normalized spacial score (nSPS) is 16.7. The lowest BCUT2D eigenvalue weighted by molar-refractivity contribution is 0.367. The average molecular weight is 290 g/mol. The van der Waals surface area contributed by atoms with Gasteiger partial charge in [0.15, 0.2) is 5.65 Å². The molecule has 0 amide bonds. The van der Waals surface area contributed by atoms with Gasteiger partial charge in [0.05, 0.1) is 0 Å². The zero-order chi connectivity index (χ0) is 14.8. The Bertz CT molecular complexity index is 655. The van der Waals surface area contributed by atoms with E-state index in [1.807, 2.05) is 6.07 Å². The van der Waals surface area contributed by atoms with Gasteiger partial charge in [-0.3, -0.25) is 0 Å². The highest BCUT2D eigenvalue weighted by Crippen LogP contribution is 2.20. The van der Waals surface area contributed by atoms with E-state index in [4.69, 9.17) is 0 Å². The monoisotopic (exact) mass is 290 g/mol. The number of aromatic nitrogens is 4. The average Bonchev–Trinajstić information content (AvgIpc) is 2.86. The van der Waals surface area contributed by atoms with Crippen molar-refractivity contribution in [2.45, 2.75) is 32.7 Å². The van der Waals surface area contributed by atoms with Gasteiger partial charge in [-0.2, -0.15) is 5.10 Å². The first-order chi connectivity index (χ1) is 10.1. The van der Waals surface area contributed by atoms with Gasteiger partial charge in [0.1, 0.15) is 12.1 Å². The number of rotatable bonds is 4. The van der Waals surface area contributed by atoms with Crippen molar-refractivity contribution in [1.29, 1.82) is 0 Å². The van der Waals surface area contributed by atoms with E-state index >= 15 is 0 Å². The Balaban J connectivity index is 1.85. The third kappa shape index (κ3) is 2.92. The molecule has 0 spiro atoms. The summed E-state index contributed by atoms with van der Waals surface area (Å²) in [6.45, 7) is 7.53. The van der Waals surface area contributed by atoms with Crippen LogP contribution in [0, 0.1) is 5.92 Å². The third-order valence-electron chi connectivity index (χ3n) is 4.13. The number of anilines is 1. The van der Waals surface area contributed by atoms with E-state index in [9.17, 15) is 4.79 Å². The van der Waals surface area contributed by atoms with Crippen molar-refractivity contribution in [3.05, 3.63) is 22.9 Å². The number of fused-ring (bicyclic) bond motifs is 1. The minimum absolute atomic E-state index is 0.251. The van der Waals surface area contributed by atoms with Crippen LogP contribution in [0.3, 0.4) is 0 Å². The molecule has 2 N–H and O–H groups in total. The molecule has 0 atom stereocenters. The molecule has 1 aliphatic heterocycles. The molecule has 2 aromatic rings. The van der Waals surface area contributed by atoms with Gasteiger partial charge in [0.25, 0.3) is 0 Å². The zero-order valence-electron chi connectivity index (χ0n) is 12.5. The summed E-state index contributed by atoms with van der Waals surface area (Å²) in [5.41, 5.74) is 0.361. The van der Waals surface area contributed by atoms with Crippen LogP contribution < -0.4 is 15.9 Å². The van der Waals surface area contributed by atoms with Crippen LogP contribution in [0.2, 0.25) is 0 Å². The van der Waals surface area contributed by atoms with Crippen molar-refractivity contribution in [3.63, 3.8) is 0 Å². The number of hydrogen-bond donors (Lipinski definition) is 2. The number of H-pyrrole nitrogens is 1. The number of nitrogens with zero attached hydrogens (tertiary/aromatic N) is 4. The fraction of sp³-hybridized carbons (Fsp3) is 0.643. The minimum Gasteiger partial charge on any atom is -0.354 e. The molecule has 1 aliphatic rings. The molecule has 3 rings (SSSR count). The van der Waals surface area contributed by atoms with E-state index in [-0.39, 0.29) is 5.69 Å². The molecule has 114 valence electrons. The van der Waals surface area contributed by atoms with Crippen LogP contribution in [0.15, 0.2) is 17.2 Å². The second-order valence-corrected chi connectivity index (χ2v) is 5.94. The third-order valence-corrected chi connectivity index (χ3v) is 4.13. The highest BCUT2D eigenvalue weighted by Gasteiger charge is 2.20. The summed E-state index contributed by atoms with van der Waals surface area (Å²) in [5, 5.41) is 9.86. The van der Waals surface area contributed by atoms with Crippen LogP contribution in [0.5, 0.6) is 0 Å². The summed E-state index contributed by atoms with van der Waals surface area (Å²) in [6, 6.07) is 2.24. The Kier molecular flexibility index (Phi) is 3.92. The summed E-state index contributed by atoms with van der Waals surface area (Å²) in [7, 11) is 0. The first kappa shape index (κ1) is 14.1. The molecule has 0 saturated carbocycles. The van der Waals surface area contributed by atoms with Crippen molar-refractivity contribution < 1.29 is 0 Å². The summed E-state index contributed by atoms with van der Waals surface area (Å²) in [5.74, 6) is 1.57. The molecule has 1 saturated heterocycles. The van der Waals surface area contributed by atoms with Crippen LogP contribution in [-0.4, -0.2) is 45.3 Å². The molecular formula is C14H22N6O. The maximum atomic E-state index is 11.5. The predicted octanol–water partition coefficient (Wildman–Crippen LogP) is 0.632. The number of nitrogens with one attached hydrogen (secondary N) is 2. The highest BCUT2D eigenvalue weighted by atomic mass is 16.1. The molecule has 0 radical (unpaired) electrons. The minimum atomic E-state index is -0.251. The Morgan fingerprint density at radius 3 is 2.90 bits per heavy atom. The van der Waals surface area contributed by atoms with Gasteiger partial charge in [-0.1, -0.05) is 0 Å². The molecule has 1 fully saturated rings. The quantitative estimate of drug-likeness (QED) is 0.863. The molecule has 21 heavy (non-hydrogen) atoms. The van der Waals surface area contributed by atoms with E-state index in [1.165, 1.54) is 17.2 Å². The first-order valence-corrected chi connectivity index (χ1v) is 7.55. The predicted molar refractivity (Wildman–Crippen MR) is 81.7 cm³/mol. The van der Waals surface area contributed by atoms with Gasteiger partial charge in [-0.05, 0) is 45.7 Å². The van der Waals surface area contributed by atoms with Crippen LogP contribution >= 0.6 is 0 Å². The Morgan fingerprint density at radius 2 is 2.19 bits per heavy atom. The van der Waals surface area contributed by atoms with Gasteiger partial charge < -0.3 is 10.2 Å². The van der Waals surface area contributed by atoms with Crippen LogP contribution in [0.4, 0.5) is 5.82 Å². The SMILES string of the molecule is CC(C)N(CC1CCNCC1)c1cc2n[nH]c(=O)n2cn1. The van der Waals surface area contributed by atoms with E-state index in [0.29, 0.717) is 17.6 Å². The van der Waals surface area contributed by atoms with Crippen molar-refractivity contribution in [1.82, 2.24) is 24.9 Å². The molecule has 7 heteroatoms. The second-order valence-electron chi connectivity index (χ2n) is 5.94. The van der Waals surface area contributed by atoms with E-state index in [2.05, 4.69) is 39.2 Å². The van der Waals surface area contributed by atoms with Crippen LogP contribution in [0.25, 0.3) is 5.65 Å². The lowest BCUT2D eigenvalue weighted by Crippen LogP contribution is -2.40. The fourth-order valence-electron chi connectivity index (χ4n) is 2.87. The molecule has 3 heterocycles. The summed E-state index contributed by atoms with van der Waals surface area (Å²) in [4.78, 5) is 18.2. The number of hydrogen-bond acceptors (Lipinski definition) is 5. The molecule has 0 bridgehead atoms. The molecule has 2 aromatic heterocycles. The van der Waals surface area contributed by atoms with Gasteiger partial charge in [-0.15, -0.1) is 0 Å².